The summed E-state index contributed by atoms with van der Waals surface area (Å²) in [6.45, 7) is 5.35. The number of nitrogens with zero attached hydrogens (tertiary/aromatic N) is 1. The van der Waals surface area contributed by atoms with E-state index in [9.17, 15) is 9.50 Å². The van der Waals surface area contributed by atoms with Crippen molar-refractivity contribution in [2.24, 2.45) is 4.99 Å². The van der Waals surface area contributed by atoms with Crippen molar-refractivity contribution in [3.05, 3.63) is 35.1 Å². The molecule has 0 bridgehead atoms. The van der Waals surface area contributed by atoms with Crippen LogP contribution in [0.3, 0.4) is 0 Å². The lowest BCUT2D eigenvalue weighted by atomic mass is 10.0. The molecule has 1 aromatic carbocycles. The number of thioether (sulfide) groups is 1. The van der Waals surface area contributed by atoms with Crippen LogP contribution in [0.1, 0.15) is 24.5 Å². The number of rotatable bonds is 5. The van der Waals surface area contributed by atoms with Crippen molar-refractivity contribution in [3.63, 3.8) is 0 Å². The van der Waals surface area contributed by atoms with Gasteiger partial charge in [-0.1, -0.05) is 12.1 Å². The van der Waals surface area contributed by atoms with Crippen LogP contribution in [0.4, 0.5) is 4.39 Å². The second-order valence-corrected chi connectivity index (χ2v) is 6.76. The topological polar surface area (TPSA) is 56.7 Å². The smallest absolute Gasteiger partial charge is 0.191 e. The van der Waals surface area contributed by atoms with Gasteiger partial charge in [-0.05, 0) is 43.2 Å². The van der Waals surface area contributed by atoms with Gasteiger partial charge in [0, 0.05) is 18.8 Å². The molecule has 0 saturated carbocycles. The zero-order valence-corrected chi connectivity index (χ0v) is 14.0. The van der Waals surface area contributed by atoms with Gasteiger partial charge in [0.25, 0.3) is 0 Å². The summed E-state index contributed by atoms with van der Waals surface area (Å²) in [5, 5.41) is 16.7. The summed E-state index contributed by atoms with van der Waals surface area (Å²) < 4.78 is 13.5. The third-order valence-electron chi connectivity index (χ3n) is 3.67. The molecule has 4 nitrogen and oxygen atoms in total. The highest BCUT2D eigenvalue weighted by Gasteiger charge is 2.31. The second-order valence-electron chi connectivity index (χ2n) is 5.66. The standard InChI is InChI=1S/C16H24FN3OS/c1-3-18-15(20-10-16(21)6-7-22-11-16)19-9-13-5-4-12(2)14(17)8-13/h4-5,8,21H,3,6-7,9-11H2,1-2H3,(H2,18,19,20). The Morgan fingerprint density at radius 3 is 2.91 bits per heavy atom. The average Bonchev–Trinajstić information content (AvgIpc) is 2.93. The molecule has 0 radical (unpaired) electrons. The molecule has 1 unspecified atom stereocenters. The largest absolute Gasteiger partial charge is 0.387 e. The molecule has 1 aliphatic heterocycles. The van der Waals surface area contributed by atoms with Crippen molar-refractivity contribution in [2.45, 2.75) is 32.4 Å². The van der Waals surface area contributed by atoms with Crippen molar-refractivity contribution >= 4 is 17.7 Å². The highest BCUT2D eigenvalue weighted by molar-refractivity contribution is 7.99. The molecule has 6 heteroatoms. The number of aliphatic imine (C=N–C) groups is 1. The van der Waals surface area contributed by atoms with E-state index in [1.54, 1.807) is 24.8 Å². The Balaban J connectivity index is 1.95. The minimum absolute atomic E-state index is 0.206. The Kier molecular flexibility index (Phi) is 6.08. The van der Waals surface area contributed by atoms with Crippen molar-refractivity contribution < 1.29 is 9.50 Å². The molecule has 0 spiro atoms. The highest BCUT2D eigenvalue weighted by Crippen LogP contribution is 2.26. The molecule has 1 atom stereocenters. The van der Waals surface area contributed by atoms with Gasteiger partial charge in [-0.15, -0.1) is 0 Å². The fourth-order valence-corrected chi connectivity index (χ4v) is 3.53. The van der Waals surface area contributed by atoms with Crippen LogP contribution in [0.15, 0.2) is 23.2 Å². The Hall–Kier alpha value is -1.27. The van der Waals surface area contributed by atoms with E-state index in [1.807, 2.05) is 13.0 Å². The fourth-order valence-electron chi connectivity index (χ4n) is 2.23. The molecule has 1 heterocycles. The van der Waals surface area contributed by atoms with E-state index < -0.39 is 5.60 Å². The fraction of sp³-hybridized carbons (Fsp3) is 0.562. The van der Waals surface area contributed by atoms with Crippen LogP contribution in [0.25, 0.3) is 0 Å². The van der Waals surface area contributed by atoms with Gasteiger partial charge in [-0.3, -0.25) is 0 Å². The number of halogens is 1. The van der Waals surface area contributed by atoms with E-state index in [4.69, 9.17) is 0 Å². The maximum Gasteiger partial charge on any atom is 0.191 e. The Bertz CT molecular complexity index is 530. The van der Waals surface area contributed by atoms with E-state index in [0.29, 0.717) is 24.6 Å². The third-order valence-corrected chi connectivity index (χ3v) is 4.90. The zero-order chi connectivity index (χ0) is 16.0. The summed E-state index contributed by atoms with van der Waals surface area (Å²) in [5.41, 5.74) is 0.811. The quantitative estimate of drug-likeness (QED) is 0.573. The highest BCUT2D eigenvalue weighted by atomic mass is 32.2. The number of benzene rings is 1. The van der Waals surface area contributed by atoms with Crippen LogP contribution in [0.2, 0.25) is 0 Å². The number of aliphatic hydroxyl groups is 1. The first-order valence-corrected chi connectivity index (χ1v) is 8.75. The van der Waals surface area contributed by atoms with Gasteiger partial charge in [0.1, 0.15) is 5.82 Å². The lowest BCUT2D eigenvalue weighted by Gasteiger charge is -2.23. The zero-order valence-electron chi connectivity index (χ0n) is 13.2. The van der Waals surface area contributed by atoms with E-state index >= 15 is 0 Å². The van der Waals surface area contributed by atoms with Gasteiger partial charge in [0.2, 0.25) is 0 Å². The minimum Gasteiger partial charge on any atom is -0.387 e. The van der Waals surface area contributed by atoms with Crippen LogP contribution in [-0.4, -0.2) is 41.3 Å². The van der Waals surface area contributed by atoms with Crippen molar-refractivity contribution in [2.75, 3.05) is 24.6 Å². The van der Waals surface area contributed by atoms with Crippen LogP contribution in [-0.2, 0) is 6.54 Å². The number of nitrogens with one attached hydrogen (secondary N) is 2. The summed E-state index contributed by atoms with van der Waals surface area (Å²) in [6.07, 6.45) is 0.799. The second kappa shape index (κ2) is 7.83. The molecular weight excluding hydrogens is 301 g/mol. The van der Waals surface area contributed by atoms with Crippen LogP contribution >= 0.6 is 11.8 Å². The molecule has 22 heavy (non-hydrogen) atoms. The average molecular weight is 325 g/mol. The minimum atomic E-state index is -0.656. The van der Waals surface area contributed by atoms with Crippen molar-refractivity contribution in [3.8, 4) is 0 Å². The molecular formula is C16H24FN3OS. The Labute approximate surface area is 135 Å². The van der Waals surface area contributed by atoms with Crippen molar-refractivity contribution in [1.29, 1.82) is 0 Å². The van der Waals surface area contributed by atoms with Crippen LogP contribution < -0.4 is 10.6 Å². The Morgan fingerprint density at radius 2 is 2.27 bits per heavy atom. The molecule has 3 N–H and O–H groups in total. The number of aryl methyl sites for hydroxylation is 1. The monoisotopic (exact) mass is 325 g/mol. The maximum absolute atomic E-state index is 13.5. The molecule has 1 aromatic rings. The number of hydrogen-bond donors (Lipinski definition) is 3. The molecule has 122 valence electrons. The maximum atomic E-state index is 13.5. The lowest BCUT2D eigenvalue weighted by Crippen LogP contribution is -2.47. The predicted molar refractivity (Wildman–Crippen MR) is 90.8 cm³/mol. The molecule has 1 aliphatic rings. The molecule has 0 amide bonds. The van der Waals surface area contributed by atoms with E-state index in [0.717, 1.165) is 30.0 Å². The first-order chi connectivity index (χ1) is 10.5. The molecule has 2 rings (SSSR count). The van der Waals surface area contributed by atoms with E-state index in [-0.39, 0.29) is 5.82 Å². The van der Waals surface area contributed by atoms with Gasteiger partial charge in [-0.2, -0.15) is 11.8 Å². The van der Waals surface area contributed by atoms with Gasteiger partial charge < -0.3 is 15.7 Å². The first-order valence-electron chi connectivity index (χ1n) is 7.60. The van der Waals surface area contributed by atoms with Crippen LogP contribution in [0, 0.1) is 12.7 Å². The van der Waals surface area contributed by atoms with Gasteiger partial charge >= 0.3 is 0 Å². The molecule has 0 aromatic heterocycles. The summed E-state index contributed by atoms with van der Waals surface area (Å²) >= 11 is 1.77. The van der Waals surface area contributed by atoms with Gasteiger partial charge in [0.05, 0.1) is 12.1 Å². The number of hydrogen-bond acceptors (Lipinski definition) is 3. The first kappa shape index (κ1) is 17.1. The Morgan fingerprint density at radius 1 is 1.45 bits per heavy atom. The summed E-state index contributed by atoms with van der Waals surface area (Å²) in [5.74, 6) is 2.19. The normalized spacial score (nSPS) is 21.9. The van der Waals surface area contributed by atoms with Gasteiger partial charge in [-0.25, -0.2) is 9.38 Å². The lowest BCUT2D eigenvalue weighted by molar-refractivity contribution is 0.0724. The number of guanidine groups is 1. The molecule has 1 fully saturated rings. The predicted octanol–water partition coefficient (Wildman–Crippen LogP) is 2.06. The summed E-state index contributed by atoms with van der Waals surface area (Å²) in [6, 6.07) is 5.16. The third kappa shape index (κ3) is 4.88. The SMILES string of the molecule is CCNC(=NCc1ccc(C)c(F)c1)NCC1(O)CCSC1. The summed E-state index contributed by atoms with van der Waals surface area (Å²) in [4.78, 5) is 4.46. The van der Waals surface area contributed by atoms with E-state index in [2.05, 4.69) is 15.6 Å². The van der Waals surface area contributed by atoms with Crippen molar-refractivity contribution in [1.82, 2.24) is 10.6 Å². The molecule has 1 saturated heterocycles. The van der Waals surface area contributed by atoms with Crippen LogP contribution in [0.5, 0.6) is 0 Å². The van der Waals surface area contributed by atoms with E-state index in [1.165, 1.54) is 6.07 Å². The molecule has 0 aliphatic carbocycles. The summed E-state index contributed by atoms with van der Waals surface area (Å²) in [7, 11) is 0. The van der Waals surface area contributed by atoms with Gasteiger partial charge in [0.15, 0.2) is 5.96 Å².